The fourth-order valence-electron chi connectivity index (χ4n) is 2.18. The Morgan fingerprint density at radius 3 is 2.62 bits per heavy atom. The van der Waals surface area contributed by atoms with Gasteiger partial charge < -0.3 is 4.74 Å². The lowest BCUT2D eigenvalue weighted by atomic mass is 10.0. The second kappa shape index (κ2) is 6.86. The van der Waals surface area contributed by atoms with Gasteiger partial charge in [0, 0.05) is 0 Å². The minimum Gasteiger partial charge on any atom is -0.465 e. The molecule has 0 amide bonds. The topological polar surface area (TPSA) is 61.2 Å². The summed E-state index contributed by atoms with van der Waals surface area (Å²) in [5, 5.41) is 3.93. The Labute approximate surface area is 135 Å². The van der Waals surface area contributed by atoms with Crippen LogP contribution in [0, 0.1) is 6.92 Å². The number of benzene rings is 1. The van der Waals surface area contributed by atoms with Gasteiger partial charge in [0.15, 0.2) is 0 Å². The van der Waals surface area contributed by atoms with Gasteiger partial charge in [-0.3, -0.25) is 9.59 Å². The van der Waals surface area contributed by atoms with Crippen molar-refractivity contribution in [3.05, 3.63) is 51.9 Å². The molecule has 0 aliphatic heterocycles. The maximum atomic E-state index is 12.8. The normalized spacial score (nSPS) is 11.4. The zero-order valence-corrected chi connectivity index (χ0v) is 13.1. The smallest absolute Gasteiger partial charge is 0.416 e. The molecule has 0 N–H and O–H groups in total. The minimum absolute atomic E-state index is 0.0397. The van der Waals surface area contributed by atoms with E-state index in [1.807, 2.05) is 0 Å². The molecule has 0 saturated heterocycles. The van der Waals surface area contributed by atoms with E-state index in [-0.39, 0.29) is 17.7 Å². The van der Waals surface area contributed by atoms with Crippen molar-refractivity contribution in [3.63, 3.8) is 0 Å². The van der Waals surface area contributed by atoms with E-state index < -0.39 is 29.8 Å². The molecule has 1 aromatic carbocycles. The monoisotopic (exact) mass is 340 g/mol. The fourth-order valence-corrected chi connectivity index (χ4v) is 2.18. The van der Waals surface area contributed by atoms with Crippen LogP contribution in [0.1, 0.15) is 18.2 Å². The number of aromatic nitrogens is 2. The van der Waals surface area contributed by atoms with Crippen molar-refractivity contribution in [2.24, 2.45) is 0 Å². The molecule has 2 aromatic rings. The van der Waals surface area contributed by atoms with Crippen LogP contribution in [0.15, 0.2) is 35.1 Å². The highest BCUT2D eigenvalue weighted by molar-refractivity contribution is 5.69. The van der Waals surface area contributed by atoms with E-state index in [2.05, 4.69) is 5.10 Å². The zero-order chi connectivity index (χ0) is 17.9. The number of carbonyl (C=O) groups is 1. The summed E-state index contributed by atoms with van der Waals surface area (Å²) >= 11 is 0. The first-order chi connectivity index (χ1) is 11.2. The van der Waals surface area contributed by atoms with Gasteiger partial charge in [-0.2, -0.15) is 18.3 Å². The number of rotatable bonds is 4. The molecule has 0 atom stereocenters. The molecular weight excluding hydrogens is 325 g/mol. The lowest BCUT2D eigenvalue weighted by Gasteiger charge is -2.11. The third kappa shape index (κ3) is 4.01. The Morgan fingerprint density at radius 2 is 2.00 bits per heavy atom. The molecule has 0 spiro atoms. The first-order valence-electron chi connectivity index (χ1n) is 7.14. The molecule has 8 heteroatoms. The Hall–Kier alpha value is -2.64. The van der Waals surface area contributed by atoms with Crippen molar-refractivity contribution < 1.29 is 22.7 Å². The second-order valence-electron chi connectivity index (χ2n) is 5.05. The van der Waals surface area contributed by atoms with Crippen molar-refractivity contribution in [1.29, 1.82) is 0 Å². The average Bonchev–Trinajstić information content (AvgIpc) is 2.50. The van der Waals surface area contributed by atoms with Gasteiger partial charge in [-0.1, -0.05) is 12.1 Å². The van der Waals surface area contributed by atoms with E-state index in [1.165, 1.54) is 18.2 Å². The molecule has 1 aromatic heterocycles. The third-order valence-corrected chi connectivity index (χ3v) is 3.18. The molecule has 0 aliphatic rings. The van der Waals surface area contributed by atoms with Crippen LogP contribution in [-0.2, 0) is 22.3 Å². The SMILES string of the molecule is CCOC(=O)Cn1nc(C)cc(-c2cccc(C(F)(F)F)c2)c1=O. The van der Waals surface area contributed by atoms with Crippen LogP contribution < -0.4 is 5.56 Å². The van der Waals surface area contributed by atoms with Crippen molar-refractivity contribution in [2.45, 2.75) is 26.6 Å². The van der Waals surface area contributed by atoms with Crippen LogP contribution in [0.5, 0.6) is 0 Å². The predicted octanol–water partition coefficient (Wildman–Crippen LogP) is 2.80. The van der Waals surface area contributed by atoms with Crippen LogP contribution >= 0.6 is 0 Å². The fraction of sp³-hybridized carbons (Fsp3) is 0.312. The standard InChI is InChI=1S/C16H15F3N2O3/c1-3-24-14(22)9-21-15(23)13(7-10(2)20-21)11-5-4-6-12(8-11)16(17,18)19/h4-8H,3,9H2,1-2H3. The van der Waals surface area contributed by atoms with Gasteiger partial charge in [-0.05, 0) is 37.6 Å². The highest BCUT2D eigenvalue weighted by Crippen LogP contribution is 2.31. The molecule has 0 bridgehead atoms. The van der Waals surface area contributed by atoms with Crippen molar-refractivity contribution in [3.8, 4) is 11.1 Å². The number of alkyl halides is 3. The number of carbonyl (C=O) groups excluding carboxylic acids is 1. The van der Waals surface area contributed by atoms with Gasteiger partial charge >= 0.3 is 12.1 Å². The summed E-state index contributed by atoms with van der Waals surface area (Å²) in [5.74, 6) is -0.646. The molecule has 24 heavy (non-hydrogen) atoms. The number of halogens is 3. The summed E-state index contributed by atoms with van der Waals surface area (Å²) < 4.78 is 44.2. The van der Waals surface area contributed by atoms with E-state index in [4.69, 9.17) is 4.74 Å². The Bertz CT molecular complexity index is 813. The average molecular weight is 340 g/mol. The van der Waals surface area contributed by atoms with Gasteiger partial charge in [-0.25, -0.2) is 4.68 Å². The van der Waals surface area contributed by atoms with Crippen molar-refractivity contribution >= 4 is 5.97 Å². The van der Waals surface area contributed by atoms with Crippen LogP contribution in [0.3, 0.4) is 0 Å². The summed E-state index contributed by atoms with van der Waals surface area (Å²) in [6.45, 7) is 2.96. The maximum absolute atomic E-state index is 12.8. The van der Waals surface area contributed by atoms with E-state index >= 15 is 0 Å². The number of aryl methyl sites for hydroxylation is 1. The lowest BCUT2D eigenvalue weighted by molar-refractivity contribution is -0.144. The minimum atomic E-state index is -4.51. The number of nitrogens with zero attached hydrogens (tertiary/aromatic N) is 2. The summed E-state index contributed by atoms with van der Waals surface area (Å²) in [6, 6.07) is 5.84. The third-order valence-electron chi connectivity index (χ3n) is 3.18. The molecule has 0 saturated carbocycles. The summed E-state index contributed by atoms with van der Waals surface area (Å²) in [7, 11) is 0. The van der Waals surface area contributed by atoms with Gasteiger partial charge in [0.25, 0.3) is 5.56 Å². The number of hydrogen-bond acceptors (Lipinski definition) is 4. The maximum Gasteiger partial charge on any atom is 0.416 e. The molecule has 0 aliphatic carbocycles. The Morgan fingerprint density at radius 1 is 1.29 bits per heavy atom. The van der Waals surface area contributed by atoms with E-state index in [0.29, 0.717) is 5.69 Å². The molecule has 2 rings (SSSR count). The second-order valence-corrected chi connectivity index (χ2v) is 5.05. The van der Waals surface area contributed by atoms with Crippen LogP contribution in [0.25, 0.3) is 11.1 Å². The van der Waals surface area contributed by atoms with Crippen LogP contribution in [0.4, 0.5) is 13.2 Å². The number of ether oxygens (including phenoxy) is 1. The first kappa shape index (κ1) is 17.7. The van der Waals surface area contributed by atoms with Crippen LogP contribution in [0.2, 0.25) is 0 Å². The Kier molecular flexibility index (Phi) is 5.06. The summed E-state index contributed by atoms with van der Waals surface area (Å²) in [4.78, 5) is 24.0. The molecule has 0 radical (unpaired) electrons. The molecular formula is C16H15F3N2O3. The zero-order valence-electron chi connectivity index (χ0n) is 13.1. The number of esters is 1. The molecule has 1 heterocycles. The van der Waals surface area contributed by atoms with Gasteiger partial charge in [0.05, 0.1) is 23.4 Å². The van der Waals surface area contributed by atoms with E-state index in [9.17, 15) is 22.8 Å². The molecule has 0 unspecified atom stereocenters. The van der Waals surface area contributed by atoms with Gasteiger partial charge in [0.1, 0.15) is 6.54 Å². The highest BCUT2D eigenvalue weighted by Gasteiger charge is 2.30. The Balaban J connectivity index is 2.50. The van der Waals surface area contributed by atoms with E-state index in [1.54, 1.807) is 13.8 Å². The highest BCUT2D eigenvalue weighted by atomic mass is 19.4. The van der Waals surface area contributed by atoms with Gasteiger partial charge in [-0.15, -0.1) is 0 Å². The molecule has 128 valence electrons. The predicted molar refractivity (Wildman–Crippen MR) is 80.3 cm³/mol. The quantitative estimate of drug-likeness (QED) is 0.803. The van der Waals surface area contributed by atoms with Crippen molar-refractivity contribution in [2.75, 3.05) is 6.61 Å². The van der Waals surface area contributed by atoms with Crippen molar-refractivity contribution in [1.82, 2.24) is 9.78 Å². The lowest BCUT2D eigenvalue weighted by Crippen LogP contribution is -2.29. The molecule has 0 fully saturated rings. The summed E-state index contributed by atoms with van der Waals surface area (Å²) in [6.07, 6.45) is -4.51. The van der Waals surface area contributed by atoms with Gasteiger partial charge in [0.2, 0.25) is 0 Å². The first-order valence-corrected chi connectivity index (χ1v) is 7.14. The van der Waals surface area contributed by atoms with Crippen LogP contribution in [-0.4, -0.2) is 22.4 Å². The number of hydrogen-bond donors (Lipinski definition) is 0. The van der Waals surface area contributed by atoms with E-state index in [0.717, 1.165) is 16.8 Å². The summed E-state index contributed by atoms with van der Waals surface area (Å²) in [5.41, 5.74) is -0.971. The molecule has 5 nitrogen and oxygen atoms in total. The largest absolute Gasteiger partial charge is 0.465 e.